The molecule has 0 aliphatic carbocycles. The Morgan fingerprint density at radius 1 is 1.09 bits per heavy atom. The largest absolute Gasteiger partial charge is 0.364 e. The van der Waals surface area contributed by atoms with Gasteiger partial charge in [0.25, 0.3) is 17.7 Å². The van der Waals surface area contributed by atoms with Gasteiger partial charge in [-0.1, -0.05) is 30.3 Å². The number of para-hydroxylation sites is 1. The fraction of sp³-hybridized carbons (Fsp3) is 0.160. The van der Waals surface area contributed by atoms with Crippen molar-refractivity contribution in [1.29, 1.82) is 0 Å². The summed E-state index contributed by atoms with van der Waals surface area (Å²) in [6.07, 6.45) is 0. The molecule has 2 aromatic heterocycles. The molecule has 4 aromatic rings. The molecule has 0 fully saturated rings. The number of carbonyl (C=O) groups excluding carboxylic acids is 3. The van der Waals surface area contributed by atoms with Gasteiger partial charge in [0.15, 0.2) is 5.69 Å². The zero-order valence-electron chi connectivity index (χ0n) is 19.4. The molecule has 3 amide bonds. The highest BCUT2D eigenvalue weighted by Gasteiger charge is 2.26. The van der Waals surface area contributed by atoms with E-state index in [1.165, 1.54) is 27.8 Å². The third-order valence-corrected chi connectivity index (χ3v) is 5.43. The van der Waals surface area contributed by atoms with Gasteiger partial charge in [0, 0.05) is 19.5 Å². The van der Waals surface area contributed by atoms with Gasteiger partial charge in [-0.25, -0.2) is 9.37 Å². The van der Waals surface area contributed by atoms with Gasteiger partial charge in [-0.2, -0.15) is 5.10 Å². The number of pyridine rings is 1. The molecule has 3 N–H and O–H groups in total. The first kappa shape index (κ1) is 23.6. The molecule has 0 aliphatic heterocycles. The number of rotatable bonds is 6. The van der Waals surface area contributed by atoms with Crippen LogP contribution in [0.25, 0.3) is 10.9 Å². The minimum atomic E-state index is -0.767. The third kappa shape index (κ3) is 4.72. The van der Waals surface area contributed by atoms with E-state index in [1.807, 2.05) is 0 Å². The summed E-state index contributed by atoms with van der Waals surface area (Å²) in [5.74, 6) is -2.07. The predicted octanol–water partition coefficient (Wildman–Crippen LogP) is 2.98. The number of nitrogens with zero attached hydrogens (tertiary/aromatic N) is 4. The first-order chi connectivity index (χ1) is 16.7. The summed E-state index contributed by atoms with van der Waals surface area (Å²) in [5.41, 5.74) is 7.51. The van der Waals surface area contributed by atoms with Gasteiger partial charge < -0.3 is 16.0 Å². The summed E-state index contributed by atoms with van der Waals surface area (Å²) in [5, 5.41) is 7.78. The molecule has 0 spiro atoms. The summed E-state index contributed by atoms with van der Waals surface area (Å²) in [4.78, 5) is 43.9. The van der Waals surface area contributed by atoms with Gasteiger partial charge in [0.05, 0.1) is 29.0 Å². The van der Waals surface area contributed by atoms with Crippen molar-refractivity contribution >= 4 is 34.3 Å². The van der Waals surface area contributed by atoms with Gasteiger partial charge in [0.1, 0.15) is 11.5 Å². The molecule has 0 aliphatic rings. The molecule has 10 heteroatoms. The van der Waals surface area contributed by atoms with Gasteiger partial charge in [0.2, 0.25) is 0 Å². The van der Waals surface area contributed by atoms with Gasteiger partial charge in [-0.3, -0.25) is 19.1 Å². The number of anilines is 1. The van der Waals surface area contributed by atoms with E-state index in [1.54, 1.807) is 57.4 Å². The van der Waals surface area contributed by atoms with Crippen LogP contribution in [-0.2, 0) is 6.54 Å². The Bertz CT molecular complexity index is 1460. The number of aryl methyl sites for hydroxylation is 1. The molecule has 35 heavy (non-hydrogen) atoms. The van der Waals surface area contributed by atoms with Gasteiger partial charge in [-0.15, -0.1) is 0 Å². The van der Waals surface area contributed by atoms with Crippen molar-refractivity contribution in [3.05, 3.63) is 88.6 Å². The Morgan fingerprint density at radius 3 is 2.43 bits per heavy atom. The zero-order valence-corrected chi connectivity index (χ0v) is 19.4. The number of hydrogen-bond donors (Lipinski definition) is 2. The lowest BCUT2D eigenvalue weighted by Crippen LogP contribution is -2.27. The molecule has 2 heterocycles. The number of halogens is 1. The van der Waals surface area contributed by atoms with Crippen molar-refractivity contribution in [2.75, 3.05) is 19.4 Å². The summed E-state index contributed by atoms with van der Waals surface area (Å²) < 4.78 is 14.8. The Labute approximate surface area is 200 Å². The molecule has 0 saturated heterocycles. The number of primary amides is 1. The van der Waals surface area contributed by atoms with Crippen LogP contribution in [0.4, 0.5) is 10.1 Å². The van der Waals surface area contributed by atoms with Crippen LogP contribution in [-0.4, -0.2) is 51.5 Å². The average Bonchev–Trinajstić information content (AvgIpc) is 3.13. The van der Waals surface area contributed by atoms with Crippen LogP contribution < -0.4 is 11.1 Å². The highest BCUT2D eigenvalue weighted by Crippen LogP contribution is 2.26. The van der Waals surface area contributed by atoms with Crippen molar-refractivity contribution in [2.24, 2.45) is 5.73 Å². The normalized spacial score (nSPS) is 10.9. The minimum absolute atomic E-state index is 0.0535. The lowest BCUT2D eigenvalue weighted by atomic mass is 10.1. The highest BCUT2D eigenvalue weighted by molar-refractivity contribution is 6.15. The Morgan fingerprint density at radius 2 is 1.77 bits per heavy atom. The van der Waals surface area contributed by atoms with E-state index in [2.05, 4.69) is 15.4 Å². The second-order valence-electron chi connectivity index (χ2n) is 8.18. The first-order valence-corrected chi connectivity index (χ1v) is 10.7. The van der Waals surface area contributed by atoms with Crippen LogP contribution in [0, 0.1) is 12.7 Å². The Kier molecular flexibility index (Phi) is 6.28. The highest BCUT2D eigenvalue weighted by atomic mass is 19.1. The van der Waals surface area contributed by atoms with Crippen LogP contribution in [0.1, 0.15) is 42.6 Å². The maximum absolute atomic E-state index is 13.4. The molecule has 0 bridgehead atoms. The smallest absolute Gasteiger partial charge is 0.273 e. The number of hydrogen-bond acceptors (Lipinski definition) is 5. The fourth-order valence-electron chi connectivity index (χ4n) is 3.71. The number of benzene rings is 2. The van der Waals surface area contributed by atoms with E-state index < -0.39 is 11.8 Å². The van der Waals surface area contributed by atoms with Crippen LogP contribution in [0.5, 0.6) is 0 Å². The van der Waals surface area contributed by atoms with E-state index >= 15 is 0 Å². The summed E-state index contributed by atoms with van der Waals surface area (Å²) >= 11 is 0. The molecule has 0 atom stereocenters. The summed E-state index contributed by atoms with van der Waals surface area (Å²) in [7, 11) is 3.18. The van der Waals surface area contributed by atoms with Crippen molar-refractivity contribution in [1.82, 2.24) is 19.7 Å². The first-order valence-electron chi connectivity index (χ1n) is 10.7. The van der Waals surface area contributed by atoms with Crippen LogP contribution in [0.3, 0.4) is 0 Å². The molecule has 2 aromatic carbocycles. The molecule has 0 radical (unpaired) electrons. The molecular formula is C25H23FN6O3. The Balaban J connectivity index is 1.78. The number of nitrogens with two attached hydrogens (primary N) is 1. The van der Waals surface area contributed by atoms with Gasteiger partial charge >= 0.3 is 0 Å². The number of aromatic nitrogens is 3. The third-order valence-electron chi connectivity index (χ3n) is 5.43. The Hall–Kier alpha value is -4.60. The molecule has 0 saturated carbocycles. The summed E-state index contributed by atoms with van der Waals surface area (Å²) in [6.45, 7) is 1.86. The lowest BCUT2D eigenvalue weighted by molar-refractivity contribution is 0.0816. The zero-order chi connectivity index (χ0) is 25.3. The summed E-state index contributed by atoms with van der Waals surface area (Å²) in [6, 6.07) is 14.0. The maximum Gasteiger partial charge on any atom is 0.273 e. The monoisotopic (exact) mass is 474 g/mol. The van der Waals surface area contributed by atoms with E-state index in [0.717, 1.165) is 5.56 Å². The number of nitrogens with one attached hydrogen (secondary N) is 1. The van der Waals surface area contributed by atoms with Gasteiger partial charge in [-0.05, 0) is 36.8 Å². The van der Waals surface area contributed by atoms with Crippen molar-refractivity contribution in [2.45, 2.75) is 13.5 Å². The average molecular weight is 474 g/mol. The standard InChI is InChI=1S/C25H23FN6O3/c1-14-21(22(25(35)31(2)3)32(30-14)13-15-8-10-16(26)11-9-15)29-24(34)18-12-20(23(27)33)28-19-7-5-4-6-17(18)19/h4-12H,13H2,1-3H3,(H2,27,33)(H,29,34). The van der Waals surface area contributed by atoms with Crippen LogP contribution in [0.15, 0.2) is 54.6 Å². The quantitative estimate of drug-likeness (QED) is 0.445. The molecular weight excluding hydrogens is 451 g/mol. The second kappa shape index (κ2) is 9.34. The number of amides is 3. The fourth-order valence-corrected chi connectivity index (χ4v) is 3.71. The number of fused-ring (bicyclic) bond motifs is 1. The molecule has 4 rings (SSSR count). The van der Waals surface area contributed by atoms with Crippen molar-refractivity contribution in [3.8, 4) is 0 Å². The van der Waals surface area contributed by atoms with Crippen LogP contribution >= 0.6 is 0 Å². The second-order valence-corrected chi connectivity index (χ2v) is 8.18. The molecule has 178 valence electrons. The topological polar surface area (TPSA) is 123 Å². The molecule has 9 nitrogen and oxygen atoms in total. The number of carbonyl (C=O) groups is 3. The predicted molar refractivity (Wildman–Crippen MR) is 129 cm³/mol. The SMILES string of the molecule is Cc1nn(Cc2ccc(F)cc2)c(C(=O)N(C)C)c1NC(=O)c1cc(C(N)=O)nc2ccccc12. The minimum Gasteiger partial charge on any atom is -0.364 e. The van der Waals surface area contributed by atoms with Crippen molar-refractivity contribution in [3.63, 3.8) is 0 Å². The lowest BCUT2D eigenvalue weighted by Gasteiger charge is -2.15. The van der Waals surface area contributed by atoms with E-state index in [0.29, 0.717) is 16.6 Å². The van der Waals surface area contributed by atoms with E-state index in [-0.39, 0.29) is 40.9 Å². The van der Waals surface area contributed by atoms with Crippen LogP contribution in [0.2, 0.25) is 0 Å². The van der Waals surface area contributed by atoms with Crippen molar-refractivity contribution < 1.29 is 18.8 Å². The maximum atomic E-state index is 13.4. The van der Waals surface area contributed by atoms with E-state index in [9.17, 15) is 18.8 Å². The molecule has 0 unspecified atom stereocenters. The van der Waals surface area contributed by atoms with E-state index in [4.69, 9.17) is 5.73 Å².